The highest BCUT2D eigenvalue weighted by Gasteiger charge is 2.31. The maximum atomic E-state index is 13.2. The number of hydrogen-bond acceptors (Lipinski definition) is 4. The maximum Gasteiger partial charge on any atom is 0.254 e. The molecule has 2 aliphatic heterocycles. The fourth-order valence-electron chi connectivity index (χ4n) is 4.55. The molecule has 160 valence electrons. The van der Waals surface area contributed by atoms with E-state index in [-0.39, 0.29) is 16.8 Å². The van der Waals surface area contributed by atoms with Crippen LogP contribution in [-0.4, -0.2) is 36.6 Å². The van der Waals surface area contributed by atoms with Gasteiger partial charge in [-0.1, -0.05) is 24.3 Å². The zero-order chi connectivity index (χ0) is 21.6. The van der Waals surface area contributed by atoms with Gasteiger partial charge in [0.25, 0.3) is 5.91 Å². The fraction of sp³-hybridized carbons (Fsp3) is 0.292. The number of sulfonamides is 1. The molecule has 31 heavy (non-hydrogen) atoms. The third kappa shape index (κ3) is 3.60. The molecular formula is C24H24N2O3S2. The van der Waals surface area contributed by atoms with Crippen LogP contribution < -0.4 is 0 Å². The van der Waals surface area contributed by atoms with Crippen molar-refractivity contribution in [1.29, 1.82) is 0 Å². The zero-order valence-corrected chi connectivity index (χ0v) is 19.0. The minimum absolute atomic E-state index is 0.0272. The monoisotopic (exact) mass is 452 g/mol. The summed E-state index contributed by atoms with van der Waals surface area (Å²) in [4.78, 5) is 16.6. The molecule has 0 spiro atoms. The number of rotatable bonds is 3. The number of benzene rings is 2. The van der Waals surface area contributed by atoms with Crippen LogP contribution in [0, 0.1) is 0 Å². The van der Waals surface area contributed by atoms with Crippen molar-refractivity contribution in [2.45, 2.75) is 37.2 Å². The average Bonchev–Trinajstić information content (AvgIpc) is 3.28. The number of amides is 1. The summed E-state index contributed by atoms with van der Waals surface area (Å²) in [6.07, 6.45) is 1.58. The standard InChI is InChI=1S/C24H24N2O3S2/c1-17-22-12-15-30-23(22)11-14-26(17)24(27)19-6-8-21(9-7-19)31(28,29)25-13-10-18-4-2-3-5-20(18)16-25/h2-9,12,15,17H,10-11,13-14,16H2,1H3/t17-/m1/s1. The molecular weight excluding hydrogens is 428 g/mol. The quantitative estimate of drug-likeness (QED) is 0.597. The van der Waals surface area contributed by atoms with Gasteiger partial charge in [0.15, 0.2) is 0 Å². The van der Waals surface area contributed by atoms with Gasteiger partial charge < -0.3 is 4.90 Å². The van der Waals surface area contributed by atoms with Crippen LogP contribution in [0.1, 0.15) is 44.9 Å². The van der Waals surface area contributed by atoms with Crippen LogP contribution in [0.5, 0.6) is 0 Å². The van der Waals surface area contributed by atoms with E-state index in [9.17, 15) is 13.2 Å². The van der Waals surface area contributed by atoms with Crippen LogP contribution in [-0.2, 0) is 29.4 Å². The minimum atomic E-state index is -3.61. The second-order valence-electron chi connectivity index (χ2n) is 8.11. The number of hydrogen-bond donors (Lipinski definition) is 0. The Hall–Kier alpha value is -2.48. The largest absolute Gasteiger partial charge is 0.331 e. The molecule has 0 unspecified atom stereocenters. The highest BCUT2D eigenvalue weighted by atomic mass is 32.2. The van der Waals surface area contributed by atoms with Crippen LogP contribution in [0.2, 0.25) is 0 Å². The SMILES string of the molecule is C[C@@H]1c2ccsc2CCN1C(=O)c1ccc(S(=O)(=O)N2CCc3ccccc3C2)cc1. The van der Waals surface area contributed by atoms with Crippen molar-refractivity contribution in [2.24, 2.45) is 0 Å². The number of nitrogens with zero attached hydrogens (tertiary/aromatic N) is 2. The van der Waals surface area contributed by atoms with E-state index in [1.54, 1.807) is 35.6 Å². The van der Waals surface area contributed by atoms with Crippen molar-refractivity contribution in [1.82, 2.24) is 9.21 Å². The first-order valence-electron chi connectivity index (χ1n) is 10.5. The Morgan fingerprint density at radius 3 is 2.48 bits per heavy atom. The number of thiophene rings is 1. The number of carbonyl (C=O) groups excluding carboxylic acids is 1. The van der Waals surface area contributed by atoms with Crippen LogP contribution >= 0.6 is 11.3 Å². The lowest BCUT2D eigenvalue weighted by Gasteiger charge is -2.33. The van der Waals surface area contributed by atoms with E-state index in [4.69, 9.17) is 0 Å². The van der Waals surface area contributed by atoms with Gasteiger partial charge >= 0.3 is 0 Å². The van der Waals surface area contributed by atoms with Gasteiger partial charge in [-0.2, -0.15) is 4.31 Å². The Morgan fingerprint density at radius 2 is 1.71 bits per heavy atom. The first kappa shape index (κ1) is 20.4. The molecule has 0 radical (unpaired) electrons. The Kier molecular flexibility index (Phi) is 5.20. The van der Waals surface area contributed by atoms with Gasteiger partial charge in [0, 0.05) is 30.1 Å². The second kappa shape index (κ2) is 7.89. The van der Waals surface area contributed by atoms with Crippen molar-refractivity contribution in [2.75, 3.05) is 13.1 Å². The minimum Gasteiger partial charge on any atom is -0.331 e. The summed E-state index contributed by atoms with van der Waals surface area (Å²) in [5.74, 6) is -0.0554. The van der Waals surface area contributed by atoms with Gasteiger partial charge in [-0.25, -0.2) is 8.42 Å². The lowest BCUT2D eigenvalue weighted by Crippen LogP contribution is -2.38. The normalized spacial score (nSPS) is 19.0. The van der Waals surface area contributed by atoms with Gasteiger partial charge in [0.1, 0.15) is 0 Å². The van der Waals surface area contributed by atoms with Crippen molar-refractivity contribution in [3.05, 3.63) is 87.1 Å². The molecule has 1 amide bonds. The Balaban J connectivity index is 1.35. The van der Waals surface area contributed by atoms with Gasteiger partial charge in [-0.05, 0) is 72.2 Å². The molecule has 0 fully saturated rings. The molecule has 0 saturated heterocycles. The number of fused-ring (bicyclic) bond motifs is 2. The van der Waals surface area contributed by atoms with Crippen molar-refractivity contribution in [3.8, 4) is 0 Å². The Bertz CT molecular complexity index is 1230. The smallest absolute Gasteiger partial charge is 0.254 e. The summed E-state index contributed by atoms with van der Waals surface area (Å²) in [7, 11) is -3.61. The second-order valence-corrected chi connectivity index (χ2v) is 11.0. The molecule has 2 aromatic carbocycles. The summed E-state index contributed by atoms with van der Waals surface area (Å²) in [6, 6.07) is 16.5. The highest BCUT2D eigenvalue weighted by molar-refractivity contribution is 7.89. The third-order valence-electron chi connectivity index (χ3n) is 6.37. The van der Waals surface area contributed by atoms with Crippen molar-refractivity contribution < 1.29 is 13.2 Å². The van der Waals surface area contributed by atoms with Gasteiger partial charge in [0.2, 0.25) is 10.0 Å². The summed E-state index contributed by atoms with van der Waals surface area (Å²) < 4.78 is 27.9. The van der Waals surface area contributed by atoms with Gasteiger partial charge in [-0.15, -0.1) is 11.3 Å². The molecule has 0 aliphatic carbocycles. The van der Waals surface area contributed by atoms with E-state index >= 15 is 0 Å². The van der Waals surface area contributed by atoms with Crippen LogP contribution in [0.25, 0.3) is 0 Å². The van der Waals surface area contributed by atoms with E-state index in [0.29, 0.717) is 31.6 Å². The molecule has 0 bridgehead atoms. The molecule has 0 N–H and O–H groups in total. The Labute approximate surface area is 187 Å². The van der Waals surface area contributed by atoms with Gasteiger partial charge in [0.05, 0.1) is 10.9 Å². The number of carbonyl (C=O) groups is 1. The summed E-state index contributed by atoms with van der Waals surface area (Å²) in [5.41, 5.74) is 4.00. The van der Waals surface area contributed by atoms with E-state index in [1.165, 1.54) is 20.3 Å². The van der Waals surface area contributed by atoms with Crippen LogP contribution in [0.4, 0.5) is 0 Å². The molecule has 0 saturated carbocycles. The average molecular weight is 453 g/mol. The fourth-order valence-corrected chi connectivity index (χ4v) is 6.93. The molecule has 2 aliphatic rings. The summed E-state index contributed by atoms with van der Waals surface area (Å²) >= 11 is 1.74. The topological polar surface area (TPSA) is 57.7 Å². The molecule has 3 heterocycles. The molecule has 1 atom stereocenters. The van der Waals surface area contributed by atoms with Crippen LogP contribution in [0.15, 0.2) is 64.9 Å². The van der Waals surface area contributed by atoms with Gasteiger partial charge in [-0.3, -0.25) is 4.79 Å². The summed E-state index contributed by atoms with van der Waals surface area (Å²) in [6.45, 7) is 3.58. The van der Waals surface area contributed by atoms with Crippen molar-refractivity contribution >= 4 is 27.3 Å². The van der Waals surface area contributed by atoms with E-state index in [0.717, 1.165) is 12.0 Å². The third-order valence-corrected chi connectivity index (χ3v) is 9.23. The predicted octanol–water partition coefficient (Wildman–Crippen LogP) is 4.25. The lowest BCUT2D eigenvalue weighted by molar-refractivity contribution is 0.0679. The predicted molar refractivity (Wildman–Crippen MR) is 122 cm³/mol. The van der Waals surface area contributed by atoms with E-state index in [2.05, 4.69) is 24.4 Å². The molecule has 5 nitrogen and oxygen atoms in total. The first-order valence-corrected chi connectivity index (χ1v) is 12.8. The van der Waals surface area contributed by atoms with Crippen molar-refractivity contribution in [3.63, 3.8) is 0 Å². The zero-order valence-electron chi connectivity index (χ0n) is 17.3. The molecule has 3 aromatic rings. The summed E-state index contributed by atoms with van der Waals surface area (Å²) in [5, 5.41) is 2.08. The maximum absolute atomic E-state index is 13.2. The van der Waals surface area contributed by atoms with E-state index in [1.807, 2.05) is 23.1 Å². The lowest BCUT2D eigenvalue weighted by atomic mass is 10.0. The Morgan fingerprint density at radius 1 is 0.968 bits per heavy atom. The highest BCUT2D eigenvalue weighted by Crippen LogP contribution is 2.34. The first-order chi connectivity index (χ1) is 14.9. The molecule has 5 rings (SSSR count). The van der Waals surface area contributed by atoms with Crippen LogP contribution in [0.3, 0.4) is 0 Å². The van der Waals surface area contributed by atoms with E-state index < -0.39 is 10.0 Å². The molecule has 7 heteroatoms. The molecule has 1 aromatic heterocycles.